The number of hydrogen-bond acceptors (Lipinski definition) is 3. The third-order valence-corrected chi connectivity index (χ3v) is 6.96. The summed E-state index contributed by atoms with van der Waals surface area (Å²) in [6, 6.07) is 0. The molecule has 1 unspecified atom stereocenters. The summed E-state index contributed by atoms with van der Waals surface area (Å²) < 4.78 is 0. The highest BCUT2D eigenvalue weighted by atomic mass is 16.3. The molecule has 1 aromatic heterocycles. The van der Waals surface area contributed by atoms with Crippen molar-refractivity contribution in [2.45, 2.75) is 118 Å². The molecule has 172 valence electrons. The van der Waals surface area contributed by atoms with Gasteiger partial charge in [-0.15, -0.1) is 0 Å². The van der Waals surface area contributed by atoms with E-state index in [0.717, 1.165) is 42.7 Å². The van der Waals surface area contributed by atoms with Crippen LogP contribution in [0.4, 0.5) is 5.82 Å². The van der Waals surface area contributed by atoms with Gasteiger partial charge in [0.25, 0.3) is 0 Å². The number of pyridine rings is 1. The largest absolute Gasteiger partial charge is 0.506 e. The number of rotatable bonds is 15. The molecule has 2 heterocycles. The molecule has 0 aliphatic carbocycles. The van der Waals surface area contributed by atoms with Gasteiger partial charge in [-0.3, -0.25) is 0 Å². The Morgan fingerprint density at radius 1 is 0.867 bits per heavy atom. The molecule has 3 nitrogen and oxygen atoms in total. The fourth-order valence-electron chi connectivity index (χ4n) is 4.83. The molecule has 0 saturated heterocycles. The molecule has 0 radical (unpaired) electrons. The van der Waals surface area contributed by atoms with Gasteiger partial charge in [0.15, 0.2) is 0 Å². The van der Waals surface area contributed by atoms with E-state index in [4.69, 9.17) is 0 Å². The van der Waals surface area contributed by atoms with Gasteiger partial charge in [-0.2, -0.15) is 0 Å². The highest BCUT2D eigenvalue weighted by molar-refractivity contribution is 5.60. The van der Waals surface area contributed by atoms with Crippen molar-refractivity contribution in [3.8, 4) is 5.75 Å². The lowest BCUT2D eigenvalue weighted by Gasteiger charge is -2.17. The van der Waals surface area contributed by atoms with E-state index in [-0.39, 0.29) is 0 Å². The van der Waals surface area contributed by atoms with Gasteiger partial charge in [0.05, 0.1) is 5.69 Å². The number of aryl methyl sites for hydroxylation is 1. The maximum atomic E-state index is 10.6. The maximum absolute atomic E-state index is 10.6. The number of unbranched alkanes of at least 4 members (excludes halogenated alkanes) is 8. The van der Waals surface area contributed by atoms with Crippen molar-refractivity contribution < 1.29 is 5.11 Å². The van der Waals surface area contributed by atoms with Gasteiger partial charge >= 0.3 is 0 Å². The molecular weight excluding hydrogens is 368 g/mol. The minimum Gasteiger partial charge on any atom is -0.506 e. The zero-order chi connectivity index (χ0) is 21.9. The molecule has 1 aromatic rings. The van der Waals surface area contributed by atoms with Crippen molar-refractivity contribution in [1.82, 2.24) is 4.98 Å². The lowest BCUT2D eigenvalue weighted by atomic mass is 9.93. The Hall–Kier alpha value is -1.25. The molecule has 1 aliphatic heterocycles. The van der Waals surface area contributed by atoms with Crippen LogP contribution in [0.2, 0.25) is 0 Å². The van der Waals surface area contributed by atoms with Crippen LogP contribution in [0, 0.1) is 18.8 Å². The molecule has 0 aromatic carbocycles. The number of aromatic hydroxyl groups is 1. The second kappa shape index (κ2) is 13.2. The van der Waals surface area contributed by atoms with Crippen LogP contribution in [0.3, 0.4) is 0 Å². The minimum atomic E-state index is 0.445. The standard InChI is InChI=1S/C27H48N2O/c1-21(2)15-13-11-9-7-6-8-10-12-14-16-22(3)17-18-24-25-19-20-29(5)27(25)28-23(4)26(24)30/h21-22,30H,6-20H2,1-5H3. The van der Waals surface area contributed by atoms with E-state index in [1.54, 1.807) is 0 Å². The van der Waals surface area contributed by atoms with Gasteiger partial charge in [0, 0.05) is 24.7 Å². The first kappa shape index (κ1) is 25.0. The Morgan fingerprint density at radius 3 is 2.03 bits per heavy atom. The number of fused-ring (bicyclic) bond motifs is 1. The highest BCUT2D eigenvalue weighted by Crippen LogP contribution is 2.36. The number of anilines is 1. The lowest BCUT2D eigenvalue weighted by Crippen LogP contribution is -2.14. The fourth-order valence-corrected chi connectivity index (χ4v) is 4.83. The zero-order valence-corrected chi connectivity index (χ0v) is 20.6. The van der Waals surface area contributed by atoms with Crippen LogP contribution >= 0.6 is 0 Å². The Labute approximate surface area is 186 Å². The van der Waals surface area contributed by atoms with Gasteiger partial charge in [-0.25, -0.2) is 4.98 Å². The predicted octanol–water partition coefficient (Wildman–Crippen LogP) is 7.60. The summed E-state index contributed by atoms with van der Waals surface area (Å²) in [7, 11) is 2.11. The molecule has 2 rings (SSSR count). The Balaban J connectivity index is 1.55. The molecule has 1 N–H and O–H groups in total. The Morgan fingerprint density at radius 2 is 1.43 bits per heavy atom. The summed E-state index contributed by atoms with van der Waals surface area (Å²) in [6.45, 7) is 9.99. The zero-order valence-electron chi connectivity index (χ0n) is 20.6. The van der Waals surface area contributed by atoms with E-state index in [2.05, 4.69) is 37.7 Å². The Bertz CT molecular complexity index is 626. The number of hydrogen-bond donors (Lipinski definition) is 1. The van der Waals surface area contributed by atoms with E-state index < -0.39 is 0 Å². The number of nitrogens with zero attached hydrogens (tertiary/aromatic N) is 2. The van der Waals surface area contributed by atoms with E-state index in [1.165, 1.54) is 88.2 Å². The van der Waals surface area contributed by atoms with Crippen molar-refractivity contribution in [2.75, 3.05) is 18.5 Å². The molecule has 1 aliphatic rings. The molecule has 1 atom stereocenters. The van der Waals surface area contributed by atoms with Gasteiger partial charge in [-0.1, -0.05) is 91.4 Å². The van der Waals surface area contributed by atoms with E-state index in [1.807, 2.05) is 6.92 Å². The van der Waals surface area contributed by atoms with Crippen LogP contribution < -0.4 is 4.90 Å². The van der Waals surface area contributed by atoms with Crippen LogP contribution in [0.5, 0.6) is 5.75 Å². The second-order valence-electron chi connectivity index (χ2n) is 10.3. The first-order valence-corrected chi connectivity index (χ1v) is 12.8. The van der Waals surface area contributed by atoms with E-state index in [9.17, 15) is 5.11 Å². The first-order chi connectivity index (χ1) is 14.4. The highest BCUT2D eigenvalue weighted by Gasteiger charge is 2.24. The molecule has 0 amide bonds. The van der Waals surface area contributed by atoms with Gasteiger partial charge < -0.3 is 10.0 Å². The van der Waals surface area contributed by atoms with E-state index >= 15 is 0 Å². The fraction of sp³-hybridized carbons (Fsp3) is 0.815. The third-order valence-electron chi connectivity index (χ3n) is 6.96. The summed E-state index contributed by atoms with van der Waals surface area (Å²) in [6.07, 6.45) is 18.6. The minimum absolute atomic E-state index is 0.445. The van der Waals surface area contributed by atoms with Crippen LogP contribution in [0.25, 0.3) is 0 Å². The number of aromatic nitrogens is 1. The predicted molar refractivity (Wildman–Crippen MR) is 131 cm³/mol. The van der Waals surface area contributed by atoms with Crippen molar-refractivity contribution >= 4 is 5.82 Å². The molecule has 0 spiro atoms. The van der Waals surface area contributed by atoms with Gasteiger partial charge in [0.1, 0.15) is 11.6 Å². The molecule has 0 fully saturated rings. The van der Waals surface area contributed by atoms with Gasteiger partial charge in [0.2, 0.25) is 0 Å². The van der Waals surface area contributed by atoms with Crippen molar-refractivity contribution in [3.05, 3.63) is 16.8 Å². The molecule has 3 heteroatoms. The second-order valence-corrected chi connectivity index (χ2v) is 10.3. The Kier molecular flexibility index (Phi) is 11.0. The van der Waals surface area contributed by atoms with Crippen LogP contribution in [-0.4, -0.2) is 23.7 Å². The molecule has 0 saturated carbocycles. The van der Waals surface area contributed by atoms with Crippen LogP contribution in [0.1, 0.15) is 115 Å². The van der Waals surface area contributed by atoms with Crippen LogP contribution in [0.15, 0.2) is 0 Å². The van der Waals surface area contributed by atoms with E-state index in [0.29, 0.717) is 5.75 Å². The third kappa shape index (κ3) is 8.12. The smallest absolute Gasteiger partial charge is 0.140 e. The summed E-state index contributed by atoms with van der Waals surface area (Å²) >= 11 is 0. The van der Waals surface area contributed by atoms with Crippen LogP contribution in [-0.2, 0) is 12.8 Å². The molecular formula is C27H48N2O. The summed E-state index contributed by atoms with van der Waals surface area (Å²) in [5, 5.41) is 10.6. The monoisotopic (exact) mass is 416 g/mol. The number of likely N-dealkylation sites (N-methyl/N-ethyl adjacent to an activating group) is 1. The molecule has 0 bridgehead atoms. The van der Waals surface area contributed by atoms with Crippen molar-refractivity contribution in [2.24, 2.45) is 11.8 Å². The summed E-state index contributed by atoms with van der Waals surface area (Å²) in [5.41, 5.74) is 3.24. The average molecular weight is 417 g/mol. The van der Waals surface area contributed by atoms with Crippen molar-refractivity contribution in [1.29, 1.82) is 0 Å². The summed E-state index contributed by atoms with van der Waals surface area (Å²) in [5.74, 6) is 3.14. The quantitative estimate of drug-likeness (QED) is 0.299. The SMILES string of the molecule is Cc1nc2c(c(CCC(C)CCCCCCCCCCCC(C)C)c1O)CCN2C. The van der Waals surface area contributed by atoms with Crippen molar-refractivity contribution in [3.63, 3.8) is 0 Å². The first-order valence-electron chi connectivity index (χ1n) is 12.8. The molecule has 30 heavy (non-hydrogen) atoms. The summed E-state index contributed by atoms with van der Waals surface area (Å²) in [4.78, 5) is 6.83. The maximum Gasteiger partial charge on any atom is 0.140 e. The lowest BCUT2D eigenvalue weighted by molar-refractivity contribution is 0.436. The topological polar surface area (TPSA) is 36.4 Å². The van der Waals surface area contributed by atoms with Gasteiger partial charge in [-0.05, 0) is 38.0 Å². The average Bonchev–Trinajstić information content (AvgIpc) is 3.06. The normalized spacial score (nSPS) is 14.5.